The average Bonchev–Trinajstić information content (AvgIpc) is 3.36. The first-order valence-electron chi connectivity index (χ1n) is 11.8. The number of guanidine groups is 1. The van der Waals surface area contributed by atoms with Crippen molar-refractivity contribution in [3.63, 3.8) is 0 Å². The molecule has 1 fully saturated rings. The molecule has 2 N–H and O–H groups in total. The number of Topliss-reactive ketones (excluding diaryl/α,β-unsaturated/α-hetero) is 1. The van der Waals surface area contributed by atoms with Crippen molar-refractivity contribution >= 4 is 17.6 Å². The summed E-state index contributed by atoms with van der Waals surface area (Å²) in [5, 5.41) is 0. The lowest BCUT2D eigenvalue weighted by Gasteiger charge is -2.22. The molecule has 0 spiro atoms. The van der Waals surface area contributed by atoms with Crippen LogP contribution in [0, 0.1) is 11.8 Å². The largest absolute Gasteiger partial charge is 0.384 e. The lowest BCUT2D eigenvalue weighted by Crippen LogP contribution is -2.41. The van der Waals surface area contributed by atoms with Crippen LogP contribution < -0.4 is 5.73 Å². The molecule has 1 aliphatic carbocycles. The van der Waals surface area contributed by atoms with Gasteiger partial charge in [0.15, 0.2) is 17.3 Å². The van der Waals surface area contributed by atoms with E-state index in [0.29, 0.717) is 23.8 Å². The minimum atomic E-state index is -1.03. The zero-order chi connectivity index (χ0) is 23.4. The normalized spacial score (nSPS) is 24.8. The molecular formula is C27H33N3O3. The molecule has 174 valence electrons. The highest BCUT2D eigenvalue weighted by molar-refractivity contribution is 6.07. The fourth-order valence-electron chi connectivity index (χ4n) is 5.22. The molecule has 6 heteroatoms. The second-order valence-electron chi connectivity index (χ2n) is 9.37. The minimum absolute atomic E-state index is 0.142. The molecule has 0 radical (unpaired) electrons. The Morgan fingerprint density at radius 3 is 2.67 bits per heavy atom. The van der Waals surface area contributed by atoms with Gasteiger partial charge in [0, 0.05) is 25.7 Å². The minimum Gasteiger partial charge on any atom is -0.384 e. The van der Waals surface area contributed by atoms with Gasteiger partial charge in [0.2, 0.25) is 0 Å². The van der Waals surface area contributed by atoms with Gasteiger partial charge in [-0.25, -0.2) is 4.99 Å². The molecule has 33 heavy (non-hydrogen) atoms. The second-order valence-corrected chi connectivity index (χ2v) is 9.37. The lowest BCUT2D eigenvalue weighted by atomic mass is 9.90. The van der Waals surface area contributed by atoms with E-state index in [1.165, 1.54) is 24.2 Å². The van der Waals surface area contributed by atoms with Crippen molar-refractivity contribution in [2.45, 2.75) is 51.1 Å². The molecule has 0 bridgehead atoms. The van der Waals surface area contributed by atoms with E-state index >= 15 is 0 Å². The Bertz CT molecular complexity index is 1040. The molecule has 6 nitrogen and oxygen atoms in total. The molecule has 2 unspecified atom stereocenters. The van der Waals surface area contributed by atoms with Crippen LogP contribution in [0.3, 0.4) is 0 Å². The Morgan fingerprint density at radius 1 is 1.15 bits per heavy atom. The maximum Gasteiger partial charge on any atom is 0.261 e. The first-order valence-corrected chi connectivity index (χ1v) is 11.8. The topological polar surface area (TPSA) is 85.0 Å². The fraction of sp³-hybridized carbons (Fsp3) is 0.444. The highest BCUT2D eigenvalue weighted by Crippen LogP contribution is 2.36. The fourth-order valence-corrected chi connectivity index (χ4v) is 5.22. The highest BCUT2D eigenvalue weighted by Gasteiger charge is 2.45. The monoisotopic (exact) mass is 447 g/mol. The molecule has 0 saturated heterocycles. The van der Waals surface area contributed by atoms with E-state index in [-0.39, 0.29) is 24.2 Å². The third-order valence-corrected chi connectivity index (χ3v) is 7.14. The first kappa shape index (κ1) is 23.2. The molecule has 1 amide bonds. The standard InChI is InChI=1S/C27H33N3O3/c1-27(23-12-4-3-5-13-23)25(32)30(26(28)29-27)17-19-8-6-10-21(16-19)24(31)15-14-20-9-7-11-22(20)18-33-2/h3-6,8,10,12-13,16,20,22H,7,9,11,14-15,17-18H2,1-2H3,(H2,28,29)/t20?,22-,27?/m1/s1. The van der Waals surface area contributed by atoms with Gasteiger partial charge in [0.1, 0.15) is 0 Å². The molecule has 2 aromatic rings. The van der Waals surface area contributed by atoms with Gasteiger partial charge in [-0.15, -0.1) is 0 Å². The number of aliphatic imine (C=N–C) groups is 1. The number of ether oxygens (including phenoxy) is 1. The number of rotatable bonds is 9. The van der Waals surface area contributed by atoms with Gasteiger partial charge in [0.25, 0.3) is 5.91 Å². The number of methoxy groups -OCH3 is 1. The zero-order valence-corrected chi connectivity index (χ0v) is 19.5. The van der Waals surface area contributed by atoms with Crippen molar-refractivity contribution in [1.29, 1.82) is 0 Å². The van der Waals surface area contributed by atoms with Crippen LogP contribution >= 0.6 is 0 Å². The van der Waals surface area contributed by atoms with Crippen LogP contribution in [0.1, 0.15) is 60.5 Å². The smallest absolute Gasteiger partial charge is 0.261 e. The number of nitrogens with zero attached hydrogens (tertiary/aromatic N) is 2. The van der Waals surface area contributed by atoms with Crippen LogP contribution in [0.4, 0.5) is 0 Å². The van der Waals surface area contributed by atoms with Crippen molar-refractivity contribution in [2.24, 2.45) is 22.6 Å². The van der Waals surface area contributed by atoms with Crippen LogP contribution in [-0.2, 0) is 21.6 Å². The van der Waals surface area contributed by atoms with Crippen molar-refractivity contribution in [3.05, 3.63) is 71.3 Å². The summed E-state index contributed by atoms with van der Waals surface area (Å²) in [6.45, 7) is 2.86. The Hall–Kier alpha value is -2.99. The Kier molecular flexibility index (Phi) is 6.94. The van der Waals surface area contributed by atoms with Crippen molar-refractivity contribution in [1.82, 2.24) is 4.90 Å². The molecule has 0 aromatic heterocycles. The van der Waals surface area contributed by atoms with Crippen LogP contribution in [0.15, 0.2) is 59.6 Å². The zero-order valence-electron chi connectivity index (χ0n) is 19.5. The number of carbonyl (C=O) groups excluding carboxylic acids is 2. The van der Waals surface area contributed by atoms with Crippen molar-refractivity contribution in [2.75, 3.05) is 13.7 Å². The second kappa shape index (κ2) is 9.87. The number of ketones is 1. The highest BCUT2D eigenvalue weighted by atomic mass is 16.5. The number of carbonyl (C=O) groups is 2. The molecule has 2 aromatic carbocycles. The van der Waals surface area contributed by atoms with Crippen molar-refractivity contribution in [3.8, 4) is 0 Å². The molecular weight excluding hydrogens is 414 g/mol. The summed E-state index contributed by atoms with van der Waals surface area (Å²) in [6.07, 6.45) is 5.02. The SMILES string of the molecule is COC[C@H]1CCCC1CCC(=O)c1cccc(CN2C(=O)C(C)(c3ccccc3)N=C2N)c1. The molecule has 3 atom stereocenters. The van der Waals surface area contributed by atoms with E-state index in [9.17, 15) is 9.59 Å². The number of nitrogens with two attached hydrogens (primary N) is 1. The van der Waals surface area contributed by atoms with E-state index in [1.807, 2.05) is 54.6 Å². The van der Waals surface area contributed by atoms with Crippen LogP contribution in [0.5, 0.6) is 0 Å². The summed E-state index contributed by atoms with van der Waals surface area (Å²) >= 11 is 0. The molecule has 4 rings (SSSR count). The van der Waals surface area contributed by atoms with E-state index in [4.69, 9.17) is 10.5 Å². The number of amides is 1. The van der Waals surface area contributed by atoms with Gasteiger partial charge < -0.3 is 10.5 Å². The third-order valence-electron chi connectivity index (χ3n) is 7.14. The van der Waals surface area contributed by atoms with E-state index in [2.05, 4.69) is 4.99 Å². The lowest BCUT2D eigenvalue weighted by molar-refractivity contribution is -0.131. The summed E-state index contributed by atoms with van der Waals surface area (Å²) in [5.41, 5.74) is 7.49. The van der Waals surface area contributed by atoms with Crippen LogP contribution in [-0.4, -0.2) is 36.3 Å². The van der Waals surface area contributed by atoms with E-state index < -0.39 is 5.54 Å². The predicted octanol–water partition coefficient (Wildman–Crippen LogP) is 4.28. The number of hydrogen-bond acceptors (Lipinski definition) is 5. The summed E-state index contributed by atoms with van der Waals surface area (Å²) < 4.78 is 5.35. The Labute approximate surface area is 195 Å². The number of hydrogen-bond donors (Lipinski definition) is 1. The van der Waals surface area contributed by atoms with E-state index in [1.54, 1.807) is 14.0 Å². The van der Waals surface area contributed by atoms with Gasteiger partial charge in [-0.05, 0) is 48.8 Å². The van der Waals surface area contributed by atoms with Crippen LogP contribution in [0.2, 0.25) is 0 Å². The van der Waals surface area contributed by atoms with Gasteiger partial charge in [-0.3, -0.25) is 14.5 Å². The van der Waals surface area contributed by atoms with Gasteiger partial charge in [-0.1, -0.05) is 61.4 Å². The average molecular weight is 448 g/mol. The molecule has 1 aliphatic heterocycles. The molecule has 1 saturated carbocycles. The van der Waals surface area contributed by atoms with Gasteiger partial charge in [0.05, 0.1) is 6.54 Å². The third kappa shape index (κ3) is 4.86. The summed E-state index contributed by atoms with van der Waals surface area (Å²) in [7, 11) is 1.75. The number of benzene rings is 2. The Balaban J connectivity index is 1.41. The van der Waals surface area contributed by atoms with Crippen molar-refractivity contribution < 1.29 is 14.3 Å². The first-order chi connectivity index (χ1) is 15.9. The van der Waals surface area contributed by atoms with Gasteiger partial charge in [-0.2, -0.15) is 0 Å². The van der Waals surface area contributed by atoms with E-state index in [0.717, 1.165) is 24.2 Å². The summed E-state index contributed by atoms with van der Waals surface area (Å²) in [4.78, 5) is 32.2. The quantitative estimate of drug-likeness (QED) is 0.581. The van der Waals surface area contributed by atoms with Crippen LogP contribution in [0.25, 0.3) is 0 Å². The predicted molar refractivity (Wildman–Crippen MR) is 129 cm³/mol. The van der Waals surface area contributed by atoms with Gasteiger partial charge >= 0.3 is 0 Å². The summed E-state index contributed by atoms with van der Waals surface area (Å²) in [5.74, 6) is 1.31. The maximum absolute atomic E-state index is 13.2. The molecule has 2 aliphatic rings. The Morgan fingerprint density at radius 2 is 1.91 bits per heavy atom. The maximum atomic E-state index is 13.2. The summed E-state index contributed by atoms with van der Waals surface area (Å²) in [6, 6.07) is 17.0. The molecule has 1 heterocycles.